The fourth-order valence-corrected chi connectivity index (χ4v) is 3.90. The Hall–Kier alpha value is -3.40. The SMILES string of the molecule is CN(C)S(=O)(=O)c1ccc(NC(=O)CNc2ccccc2C(=O)Nc2ccc(Cl)cc2)cc1. The van der Waals surface area contributed by atoms with Crippen LogP contribution < -0.4 is 16.0 Å². The standard InChI is InChI=1S/C23H23ClN4O4S/c1-28(2)33(31,32)19-13-11-17(12-14-19)26-22(29)15-25-21-6-4-3-5-20(21)23(30)27-18-9-7-16(24)8-10-18/h3-14,25H,15H2,1-2H3,(H,26,29)(H,27,30). The zero-order valence-electron chi connectivity index (χ0n) is 18.0. The van der Waals surface area contributed by atoms with Gasteiger partial charge in [0.25, 0.3) is 5.91 Å². The van der Waals surface area contributed by atoms with Crippen molar-refractivity contribution in [2.24, 2.45) is 0 Å². The monoisotopic (exact) mass is 486 g/mol. The molecule has 0 unspecified atom stereocenters. The van der Waals surface area contributed by atoms with E-state index in [1.54, 1.807) is 48.5 Å². The maximum absolute atomic E-state index is 12.7. The third-order valence-electron chi connectivity index (χ3n) is 4.63. The molecule has 3 aromatic carbocycles. The number of sulfonamides is 1. The van der Waals surface area contributed by atoms with Crippen LogP contribution in [-0.4, -0.2) is 45.2 Å². The summed E-state index contributed by atoms with van der Waals surface area (Å²) in [4.78, 5) is 25.2. The van der Waals surface area contributed by atoms with Gasteiger partial charge >= 0.3 is 0 Å². The fourth-order valence-electron chi connectivity index (χ4n) is 2.87. The van der Waals surface area contributed by atoms with Crippen LogP contribution in [-0.2, 0) is 14.8 Å². The van der Waals surface area contributed by atoms with E-state index in [2.05, 4.69) is 16.0 Å². The summed E-state index contributed by atoms with van der Waals surface area (Å²) in [5.74, 6) is -0.690. The topological polar surface area (TPSA) is 108 Å². The smallest absolute Gasteiger partial charge is 0.257 e. The molecule has 3 rings (SSSR count). The third kappa shape index (κ3) is 6.32. The lowest BCUT2D eigenvalue weighted by atomic mass is 10.1. The maximum atomic E-state index is 12.7. The van der Waals surface area contributed by atoms with Gasteiger partial charge in [0.2, 0.25) is 15.9 Å². The molecule has 3 N–H and O–H groups in total. The molecule has 0 saturated heterocycles. The van der Waals surface area contributed by atoms with Crippen LogP contribution in [0.25, 0.3) is 0 Å². The molecule has 3 aromatic rings. The number of halogens is 1. The van der Waals surface area contributed by atoms with Crippen molar-refractivity contribution in [2.45, 2.75) is 4.90 Å². The molecular formula is C23H23ClN4O4S. The molecule has 2 amide bonds. The Morgan fingerprint density at radius 1 is 0.848 bits per heavy atom. The van der Waals surface area contributed by atoms with Gasteiger partial charge in [-0.15, -0.1) is 0 Å². The van der Waals surface area contributed by atoms with Crippen molar-refractivity contribution >= 4 is 50.5 Å². The average molecular weight is 487 g/mol. The Kier molecular flexibility index (Phi) is 7.70. The first kappa shape index (κ1) is 24.2. The third-order valence-corrected chi connectivity index (χ3v) is 6.71. The van der Waals surface area contributed by atoms with Gasteiger partial charge in [-0.05, 0) is 60.7 Å². The van der Waals surface area contributed by atoms with Gasteiger partial charge in [-0.25, -0.2) is 12.7 Å². The highest BCUT2D eigenvalue weighted by atomic mass is 35.5. The minimum Gasteiger partial charge on any atom is -0.376 e. The van der Waals surface area contributed by atoms with Crippen molar-refractivity contribution in [1.82, 2.24) is 4.31 Å². The van der Waals surface area contributed by atoms with Crippen LogP contribution in [0, 0.1) is 0 Å². The van der Waals surface area contributed by atoms with E-state index in [1.165, 1.54) is 38.4 Å². The molecule has 0 radical (unpaired) electrons. The van der Waals surface area contributed by atoms with Gasteiger partial charge in [-0.3, -0.25) is 9.59 Å². The van der Waals surface area contributed by atoms with Crippen molar-refractivity contribution < 1.29 is 18.0 Å². The molecular weight excluding hydrogens is 464 g/mol. The normalized spacial score (nSPS) is 11.2. The number of carbonyl (C=O) groups excluding carboxylic acids is 2. The van der Waals surface area contributed by atoms with Crippen LogP contribution in [0.15, 0.2) is 77.7 Å². The number of para-hydroxylation sites is 1. The quantitative estimate of drug-likeness (QED) is 0.447. The highest BCUT2D eigenvalue weighted by Crippen LogP contribution is 2.19. The number of benzene rings is 3. The lowest BCUT2D eigenvalue weighted by Crippen LogP contribution is -2.24. The molecule has 0 heterocycles. The Labute approximate surface area is 197 Å². The lowest BCUT2D eigenvalue weighted by Gasteiger charge is -2.13. The van der Waals surface area contributed by atoms with Crippen LogP contribution in [0.5, 0.6) is 0 Å². The molecule has 0 saturated carbocycles. The van der Waals surface area contributed by atoms with Crippen molar-refractivity contribution in [3.63, 3.8) is 0 Å². The predicted molar refractivity (Wildman–Crippen MR) is 130 cm³/mol. The summed E-state index contributed by atoms with van der Waals surface area (Å²) in [6.07, 6.45) is 0. The van der Waals surface area contributed by atoms with E-state index in [9.17, 15) is 18.0 Å². The molecule has 10 heteroatoms. The minimum atomic E-state index is -3.54. The Morgan fingerprint density at radius 2 is 1.42 bits per heavy atom. The molecule has 0 aromatic heterocycles. The van der Waals surface area contributed by atoms with Gasteiger partial charge in [0, 0.05) is 36.2 Å². The zero-order valence-corrected chi connectivity index (χ0v) is 19.6. The summed E-state index contributed by atoms with van der Waals surface area (Å²) < 4.78 is 25.4. The number of rotatable bonds is 8. The summed E-state index contributed by atoms with van der Waals surface area (Å²) >= 11 is 5.87. The van der Waals surface area contributed by atoms with E-state index in [0.717, 1.165) is 4.31 Å². The van der Waals surface area contributed by atoms with Gasteiger partial charge in [-0.1, -0.05) is 23.7 Å². The maximum Gasteiger partial charge on any atom is 0.257 e. The summed E-state index contributed by atoms with van der Waals surface area (Å²) in [5.41, 5.74) is 1.91. The van der Waals surface area contributed by atoms with Crippen LogP contribution >= 0.6 is 11.6 Å². The number of nitrogens with zero attached hydrogens (tertiary/aromatic N) is 1. The largest absolute Gasteiger partial charge is 0.376 e. The van der Waals surface area contributed by atoms with Crippen molar-refractivity contribution in [2.75, 3.05) is 36.6 Å². The van der Waals surface area contributed by atoms with Crippen LogP contribution in [0.2, 0.25) is 5.02 Å². The number of hydrogen-bond acceptors (Lipinski definition) is 5. The van der Waals surface area contributed by atoms with E-state index in [0.29, 0.717) is 27.6 Å². The first-order valence-corrected chi connectivity index (χ1v) is 11.7. The molecule has 0 fully saturated rings. The fraction of sp³-hybridized carbons (Fsp3) is 0.130. The Bertz CT molecular complexity index is 1240. The second-order valence-corrected chi connectivity index (χ2v) is 9.81. The van der Waals surface area contributed by atoms with E-state index in [4.69, 9.17) is 11.6 Å². The average Bonchev–Trinajstić information content (AvgIpc) is 2.79. The van der Waals surface area contributed by atoms with E-state index >= 15 is 0 Å². The second-order valence-electron chi connectivity index (χ2n) is 7.22. The summed E-state index contributed by atoms with van der Waals surface area (Å²) in [6.45, 7) is -0.0943. The molecule has 0 atom stereocenters. The number of hydrogen-bond donors (Lipinski definition) is 3. The van der Waals surface area contributed by atoms with Crippen LogP contribution in [0.3, 0.4) is 0 Å². The van der Waals surface area contributed by atoms with Crippen molar-refractivity contribution in [3.8, 4) is 0 Å². The highest BCUT2D eigenvalue weighted by Gasteiger charge is 2.17. The van der Waals surface area contributed by atoms with Crippen molar-refractivity contribution in [3.05, 3.63) is 83.4 Å². The Balaban J connectivity index is 1.61. The first-order chi connectivity index (χ1) is 15.7. The molecule has 0 aliphatic heterocycles. The van der Waals surface area contributed by atoms with Crippen LogP contribution in [0.4, 0.5) is 17.1 Å². The molecule has 8 nitrogen and oxygen atoms in total. The van der Waals surface area contributed by atoms with E-state index in [1.807, 2.05) is 0 Å². The van der Waals surface area contributed by atoms with Gasteiger partial charge < -0.3 is 16.0 Å². The first-order valence-electron chi connectivity index (χ1n) is 9.89. The highest BCUT2D eigenvalue weighted by molar-refractivity contribution is 7.89. The zero-order chi connectivity index (χ0) is 24.0. The predicted octanol–water partition coefficient (Wildman–Crippen LogP) is 3.89. The summed E-state index contributed by atoms with van der Waals surface area (Å²) in [6, 6.07) is 19.4. The van der Waals surface area contributed by atoms with Crippen LogP contribution in [0.1, 0.15) is 10.4 Å². The molecule has 33 heavy (non-hydrogen) atoms. The van der Waals surface area contributed by atoms with Gasteiger partial charge in [0.05, 0.1) is 17.0 Å². The molecule has 172 valence electrons. The van der Waals surface area contributed by atoms with Crippen molar-refractivity contribution in [1.29, 1.82) is 0 Å². The Morgan fingerprint density at radius 3 is 2.06 bits per heavy atom. The lowest BCUT2D eigenvalue weighted by molar-refractivity contribution is -0.114. The molecule has 0 aliphatic carbocycles. The van der Waals surface area contributed by atoms with Gasteiger partial charge in [-0.2, -0.15) is 0 Å². The second kappa shape index (κ2) is 10.5. The van der Waals surface area contributed by atoms with E-state index < -0.39 is 10.0 Å². The number of carbonyl (C=O) groups is 2. The summed E-state index contributed by atoms with van der Waals surface area (Å²) in [7, 11) is -0.645. The van der Waals surface area contributed by atoms with Gasteiger partial charge in [0.15, 0.2) is 0 Å². The van der Waals surface area contributed by atoms with Gasteiger partial charge in [0.1, 0.15) is 0 Å². The number of amides is 2. The summed E-state index contributed by atoms with van der Waals surface area (Å²) in [5, 5.41) is 9.01. The molecule has 0 bridgehead atoms. The minimum absolute atomic E-state index is 0.0943. The number of nitrogens with one attached hydrogen (secondary N) is 3. The molecule has 0 spiro atoms. The number of anilines is 3. The molecule has 0 aliphatic rings. The van der Waals surface area contributed by atoms with E-state index in [-0.39, 0.29) is 23.3 Å².